The largest absolute Gasteiger partial charge is 0.487 e. The molecule has 33 heavy (non-hydrogen) atoms. The van der Waals surface area contributed by atoms with Gasteiger partial charge in [-0.1, -0.05) is 36.9 Å². The van der Waals surface area contributed by atoms with Crippen LogP contribution >= 0.6 is 11.6 Å². The van der Waals surface area contributed by atoms with Gasteiger partial charge in [-0.15, -0.1) is 0 Å². The Morgan fingerprint density at radius 3 is 2.64 bits per heavy atom. The fourth-order valence-corrected chi connectivity index (χ4v) is 5.20. The molecule has 2 aliphatic rings. The lowest BCUT2D eigenvalue weighted by atomic mass is 9.88. The van der Waals surface area contributed by atoms with Gasteiger partial charge < -0.3 is 14.7 Å². The number of halogens is 2. The second kappa shape index (κ2) is 9.72. The molecule has 1 aliphatic heterocycles. The van der Waals surface area contributed by atoms with Crippen molar-refractivity contribution < 1.29 is 23.8 Å². The second-order valence-electron chi connectivity index (χ2n) is 9.56. The summed E-state index contributed by atoms with van der Waals surface area (Å²) in [5, 5.41) is 9.45. The first-order chi connectivity index (χ1) is 15.7. The van der Waals surface area contributed by atoms with Gasteiger partial charge in [0.15, 0.2) is 0 Å². The highest BCUT2D eigenvalue weighted by Crippen LogP contribution is 2.38. The first-order valence-corrected chi connectivity index (χ1v) is 11.9. The van der Waals surface area contributed by atoms with Crippen LogP contribution in [0.1, 0.15) is 60.5 Å². The molecule has 0 unspecified atom stereocenters. The number of hydrogen-bond donors (Lipinski definition) is 1. The standard InChI is InChI=1S/C26H29ClFNO4/c1-26(13-18-7-9-21(27)22(28)11-18)14-20-12-19(8-10-23(20)33-26)25(32)29(16-24(30)31)15-17-5-3-2-4-6-17/h7-12,17H,2-6,13-16H2,1H3,(H,30,31)/t26-/m1/s1. The molecule has 2 aromatic rings. The molecule has 0 spiro atoms. The molecule has 5 nitrogen and oxygen atoms in total. The van der Waals surface area contributed by atoms with E-state index in [1.54, 1.807) is 24.3 Å². The maximum Gasteiger partial charge on any atom is 0.323 e. The number of benzene rings is 2. The predicted molar refractivity (Wildman–Crippen MR) is 124 cm³/mol. The Bertz CT molecular complexity index is 1050. The fraction of sp³-hybridized carbons (Fsp3) is 0.462. The zero-order chi connectivity index (χ0) is 23.6. The van der Waals surface area contributed by atoms with E-state index in [1.165, 1.54) is 23.5 Å². The van der Waals surface area contributed by atoms with Crippen molar-refractivity contribution in [3.63, 3.8) is 0 Å². The third kappa shape index (κ3) is 5.67. The molecule has 1 N–H and O–H groups in total. The summed E-state index contributed by atoms with van der Waals surface area (Å²) in [4.78, 5) is 26.1. The van der Waals surface area contributed by atoms with Crippen LogP contribution in [-0.2, 0) is 17.6 Å². The molecule has 1 aliphatic carbocycles. The minimum Gasteiger partial charge on any atom is -0.487 e. The molecular formula is C26H29ClFNO4. The van der Waals surface area contributed by atoms with Crippen LogP contribution in [0.15, 0.2) is 36.4 Å². The number of fused-ring (bicyclic) bond motifs is 1. The van der Waals surface area contributed by atoms with Crippen LogP contribution in [0.5, 0.6) is 5.75 Å². The van der Waals surface area contributed by atoms with Crippen LogP contribution in [-0.4, -0.2) is 40.6 Å². The van der Waals surface area contributed by atoms with E-state index < -0.39 is 17.4 Å². The average Bonchev–Trinajstić information content (AvgIpc) is 3.10. The molecule has 1 amide bonds. The quantitative estimate of drug-likeness (QED) is 0.574. The molecule has 4 rings (SSSR count). The Morgan fingerprint density at radius 1 is 1.18 bits per heavy atom. The van der Waals surface area contributed by atoms with Gasteiger partial charge in [0, 0.05) is 24.9 Å². The zero-order valence-electron chi connectivity index (χ0n) is 18.8. The molecule has 7 heteroatoms. The van der Waals surface area contributed by atoms with Crippen LogP contribution in [0.25, 0.3) is 0 Å². The van der Waals surface area contributed by atoms with Crippen LogP contribution in [0, 0.1) is 11.7 Å². The Labute approximate surface area is 198 Å². The van der Waals surface area contributed by atoms with Crippen molar-refractivity contribution in [1.29, 1.82) is 0 Å². The van der Waals surface area contributed by atoms with E-state index in [1.807, 2.05) is 6.92 Å². The smallest absolute Gasteiger partial charge is 0.323 e. The molecule has 176 valence electrons. The van der Waals surface area contributed by atoms with Crippen molar-refractivity contribution >= 4 is 23.5 Å². The summed E-state index contributed by atoms with van der Waals surface area (Å²) < 4.78 is 20.0. The normalized spacial score (nSPS) is 20.2. The van der Waals surface area contributed by atoms with Crippen LogP contribution in [0.3, 0.4) is 0 Å². The lowest BCUT2D eigenvalue weighted by molar-refractivity contribution is -0.137. The van der Waals surface area contributed by atoms with Gasteiger partial charge >= 0.3 is 5.97 Å². The number of rotatable bonds is 7. The van der Waals surface area contributed by atoms with Gasteiger partial charge in [0.1, 0.15) is 23.7 Å². The third-order valence-electron chi connectivity index (χ3n) is 6.61. The maximum atomic E-state index is 13.9. The van der Waals surface area contributed by atoms with Crippen LogP contribution in [0.2, 0.25) is 5.02 Å². The summed E-state index contributed by atoms with van der Waals surface area (Å²) in [5.41, 5.74) is 1.57. The summed E-state index contributed by atoms with van der Waals surface area (Å²) >= 11 is 5.79. The number of ether oxygens (including phenoxy) is 1. The molecule has 1 atom stereocenters. The minimum absolute atomic E-state index is 0.0850. The number of carboxylic acids is 1. The van der Waals surface area contributed by atoms with E-state index >= 15 is 0 Å². The monoisotopic (exact) mass is 473 g/mol. The molecular weight excluding hydrogens is 445 g/mol. The van der Waals surface area contributed by atoms with E-state index in [-0.39, 0.29) is 17.5 Å². The first-order valence-electron chi connectivity index (χ1n) is 11.5. The Balaban J connectivity index is 1.49. The number of nitrogens with zero attached hydrogens (tertiary/aromatic N) is 1. The van der Waals surface area contributed by atoms with Gasteiger partial charge in [-0.05, 0) is 67.1 Å². The molecule has 0 radical (unpaired) electrons. The van der Waals surface area contributed by atoms with Crippen LogP contribution < -0.4 is 4.74 Å². The number of carbonyl (C=O) groups excluding carboxylic acids is 1. The maximum absolute atomic E-state index is 13.9. The minimum atomic E-state index is -1.01. The van der Waals surface area contributed by atoms with E-state index in [0.29, 0.717) is 36.6 Å². The fourth-order valence-electron chi connectivity index (χ4n) is 5.08. The van der Waals surface area contributed by atoms with E-state index in [0.717, 1.165) is 36.8 Å². The number of aliphatic carboxylic acids is 1. The van der Waals surface area contributed by atoms with Gasteiger partial charge in [0.2, 0.25) is 0 Å². The van der Waals surface area contributed by atoms with Gasteiger partial charge in [0.05, 0.1) is 5.02 Å². The molecule has 1 fully saturated rings. The number of amides is 1. The van der Waals surface area contributed by atoms with Crippen molar-refractivity contribution in [1.82, 2.24) is 4.90 Å². The van der Waals surface area contributed by atoms with Gasteiger partial charge in [0.25, 0.3) is 5.91 Å². The molecule has 1 heterocycles. The SMILES string of the molecule is C[C@@]1(Cc2ccc(Cl)c(F)c2)Cc2cc(C(=O)N(CC(=O)O)CC3CCCCC3)ccc2O1. The van der Waals surface area contributed by atoms with Crippen molar-refractivity contribution in [2.45, 2.75) is 57.5 Å². The number of hydrogen-bond acceptors (Lipinski definition) is 3. The molecule has 1 saturated carbocycles. The van der Waals surface area contributed by atoms with Crippen LogP contribution in [0.4, 0.5) is 4.39 Å². The Morgan fingerprint density at radius 2 is 1.94 bits per heavy atom. The highest BCUT2D eigenvalue weighted by Gasteiger charge is 2.36. The Hall–Kier alpha value is -2.60. The highest BCUT2D eigenvalue weighted by atomic mass is 35.5. The predicted octanol–water partition coefficient (Wildman–Crippen LogP) is 5.52. The van der Waals surface area contributed by atoms with Crippen molar-refractivity contribution in [2.24, 2.45) is 5.92 Å². The molecule has 0 bridgehead atoms. The van der Waals surface area contributed by atoms with Gasteiger partial charge in [-0.25, -0.2) is 4.39 Å². The first kappa shape index (κ1) is 23.6. The summed E-state index contributed by atoms with van der Waals surface area (Å²) in [5.74, 6) is -0.688. The van der Waals surface area contributed by atoms with Gasteiger partial charge in [-0.3, -0.25) is 9.59 Å². The van der Waals surface area contributed by atoms with Crippen molar-refractivity contribution in [3.8, 4) is 5.75 Å². The Kier molecular flexibility index (Phi) is 6.94. The highest BCUT2D eigenvalue weighted by molar-refractivity contribution is 6.30. The van der Waals surface area contributed by atoms with Crippen molar-refractivity contribution in [2.75, 3.05) is 13.1 Å². The summed E-state index contributed by atoms with van der Waals surface area (Å²) in [6.07, 6.45) is 6.59. The lowest BCUT2D eigenvalue weighted by Gasteiger charge is -2.29. The zero-order valence-corrected chi connectivity index (χ0v) is 19.5. The summed E-state index contributed by atoms with van der Waals surface area (Å²) in [6, 6.07) is 10.0. The third-order valence-corrected chi connectivity index (χ3v) is 6.91. The number of carbonyl (C=O) groups is 2. The van der Waals surface area contributed by atoms with Gasteiger partial charge in [-0.2, -0.15) is 0 Å². The number of carboxylic acid groups (broad SMARTS) is 1. The molecule has 2 aromatic carbocycles. The molecule has 0 saturated heterocycles. The average molecular weight is 474 g/mol. The molecule has 0 aromatic heterocycles. The topological polar surface area (TPSA) is 66.8 Å². The van der Waals surface area contributed by atoms with E-state index in [9.17, 15) is 19.1 Å². The van der Waals surface area contributed by atoms with E-state index in [4.69, 9.17) is 16.3 Å². The summed E-state index contributed by atoms with van der Waals surface area (Å²) in [6.45, 7) is 2.13. The van der Waals surface area contributed by atoms with E-state index in [2.05, 4.69) is 0 Å². The van der Waals surface area contributed by atoms with Crippen molar-refractivity contribution in [3.05, 3.63) is 63.9 Å². The summed E-state index contributed by atoms with van der Waals surface area (Å²) in [7, 11) is 0. The second-order valence-corrected chi connectivity index (χ2v) is 9.97. The lowest BCUT2D eigenvalue weighted by Crippen LogP contribution is -2.39.